The van der Waals surface area contributed by atoms with Crippen molar-refractivity contribution in [3.8, 4) is 5.75 Å². The molecule has 0 N–H and O–H groups in total. The standard InChI is InChI=1S/C6H5Cl2NO3S/c1-12-4-2-3-9-6(7)5(4)13(8,10)11/h2-3H,1H3. The summed E-state index contributed by atoms with van der Waals surface area (Å²) in [6.45, 7) is 0. The van der Waals surface area contributed by atoms with Crippen molar-refractivity contribution in [2.24, 2.45) is 0 Å². The van der Waals surface area contributed by atoms with Gasteiger partial charge in [-0.1, -0.05) is 11.6 Å². The molecule has 0 aliphatic carbocycles. The molecule has 1 heterocycles. The van der Waals surface area contributed by atoms with Crippen LogP contribution < -0.4 is 4.74 Å². The van der Waals surface area contributed by atoms with E-state index in [2.05, 4.69) is 4.98 Å². The fourth-order valence-corrected chi connectivity index (χ4v) is 2.45. The van der Waals surface area contributed by atoms with E-state index in [-0.39, 0.29) is 15.8 Å². The number of rotatable bonds is 2. The van der Waals surface area contributed by atoms with E-state index in [0.717, 1.165) is 0 Å². The minimum atomic E-state index is -3.92. The summed E-state index contributed by atoms with van der Waals surface area (Å²) >= 11 is 5.54. The third-order valence-corrected chi connectivity index (χ3v) is 3.03. The van der Waals surface area contributed by atoms with Crippen molar-refractivity contribution in [1.29, 1.82) is 0 Å². The Morgan fingerprint density at radius 1 is 1.54 bits per heavy atom. The first kappa shape index (κ1) is 10.6. The van der Waals surface area contributed by atoms with Gasteiger partial charge in [-0.15, -0.1) is 0 Å². The minimum Gasteiger partial charge on any atom is -0.495 e. The second kappa shape index (κ2) is 3.69. The molecule has 1 aromatic heterocycles. The van der Waals surface area contributed by atoms with Gasteiger partial charge >= 0.3 is 0 Å². The number of hydrogen-bond donors (Lipinski definition) is 0. The highest BCUT2D eigenvalue weighted by molar-refractivity contribution is 8.13. The van der Waals surface area contributed by atoms with E-state index in [9.17, 15) is 8.42 Å². The minimum absolute atomic E-state index is 0.0787. The van der Waals surface area contributed by atoms with Gasteiger partial charge in [0.15, 0.2) is 10.0 Å². The molecule has 0 bridgehead atoms. The summed E-state index contributed by atoms with van der Waals surface area (Å²) in [4.78, 5) is 3.27. The van der Waals surface area contributed by atoms with Crippen LogP contribution in [0.1, 0.15) is 0 Å². The van der Waals surface area contributed by atoms with Crippen LogP contribution >= 0.6 is 22.3 Å². The van der Waals surface area contributed by atoms with E-state index in [4.69, 9.17) is 27.0 Å². The molecule has 0 saturated carbocycles. The molecule has 0 spiro atoms. The summed E-state index contributed by atoms with van der Waals surface area (Å²) in [5.41, 5.74) is 0. The van der Waals surface area contributed by atoms with Crippen LogP contribution in [0.25, 0.3) is 0 Å². The Hall–Kier alpha value is -0.520. The average Bonchev–Trinajstić information content (AvgIpc) is 2.01. The highest BCUT2D eigenvalue weighted by Crippen LogP contribution is 2.31. The summed E-state index contributed by atoms with van der Waals surface area (Å²) in [6.07, 6.45) is 1.33. The first-order chi connectivity index (χ1) is 5.96. The predicted octanol–water partition coefficient (Wildman–Crippen LogP) is 1.67. The van der Waals surface area contributed by atoms with Crippen LogP contribution in [0.15, 0.2) is 17.2 Å². The van der Waals surface area contributed by atoms with E-state index in [1.807, 2.05) is 0 Å². The van der Waals surface area contributed by atoms with Gasteiger partial charge in [0.2, 0.25) is 0 Å². The predicted molar refractivity (Wildman–Crippen MR) is 48.8 cm³/mol. The maximum atomic E-state index is 11.0. The second-order valence-electron chi connectivity index (χ2n) is 2.07. The number of ether oxygens (including phenoxy) is 1. The fourth-order valence-electron chi connectivity index (χ4n) is 0.788. The van der Waals surface area contributed by atoms with Crippen LogP contribution in [0.5, 0.6) is 5.75 Å². The molecule has 0 atom stereocenters. The lowest BCUT2D eigenvalue weighted by Crippen LogP contribution is -1.98. The van der Waals surface area contributed by atoms with Crippen LogP contribution in [0.3, 0.4) is 0 Å². The number of hydrogen-bond acceptors (Lipinski definition) is 4. The van der Waals surface area contributed by atoms with Gasteiger partial charge in [0, 0.05) is 16.9 Å². The number of pyridine rings is 1. The van der Waals surface area contributed by atoms with E-state index >= 15 is 0 Å². The smallest absolute Gasteiger partial charge is 0.268 e. The Morgan fingerprint density at radius 3 is 2.54 bits per heavy atom. The van der Waals surface area contributed by atoms with E-state index in [0.29, 0.717) is 0 Å². The Morgan fingerprint density at radius 2 is 2.15 bits per heavy atom. The Kier molecular flexibility index (Phi) is 3.00. The van der Waals surface area contributed by atoms with Crippen molar-refractivity contribution < 1.29 is 13.2 Å². The average molecular weight is 242 g/mol. The fraction of sp³-hybridized carbons (Fsp3) is 0.167. The lowest BCUT2D eigenvalue weighted by molar-refractivity contribution is 0.402. The number of aromatic nitrogens is 1. The molecular formula is C6H5Cl2NO3S. The molecule has 13 heavy (non-hydrogen) atoms. The Bertz CT molecular complexity index is 418. The molecule has 0 unspecified atom stereocenters. The summed E-state index contributed by atoms with van der Waals surface area (Å²) in [6, 6.07) is 1.36. The number of methoxy groups -OCH3 is 1. The maximum Gasteiger partial charge on any atom is 0.268 e. The summed E-state index contributed by atoms with van der Waals surface area (Å²) < 4.78 is 26.8. The molecule has 0 aromatic carbocycles. The molecular weight excluding hydrogens is 237 g/mol. The molecule has 0 aliphatic heterocycles. The lowest BCUT2D eigenvalue weighted by Gasteiger charge is -2.05. The second-order valence-corrected chi connectivity index (χ2v) is 4.93. The summed E-state index contributed by atoms with van der Waals surface area (Å²) in [5.74, 6) is 0.0787. The zero-order valence-corrected chi connectivity index (χ0v) is 8.82. The van der Waals surface area contributed by atoms with E-state index in [1.54, 1.807) is 0 Å². The largest absolute Gasteiger partial charge is 0.495 e. The van der Waals surface area contributed by atoms with Crippen molar-refractivity contribution in [2.75, 3.05) is 7.11 Å². The molecule has 1 aromatic rings. The van der Waals surface area contributed by atoms with Crippen LogP contribution in [-0.2, 0) is 9.05 Å². The SMILES string of the molecule is COc1ccnc(Cl)c1S(=O)(=O)Cl. The van der Waals surface area contributed by atoms with E-state index in [1.165, 1.54) is 19.4 Å². The monoisotopic (exact) mass is 241 g/mol. The van der Waals surface area contributed by atoms with Crippen molar-refractivity contribution in [2.45, 2.75) is 4.90 Å². The molecule has 0 saturated heterocycles. The van der Waals surface area contributed by atoms with Gasteiger partial charge < -0.3 is 4.74 Å². The first-order valence-electron chi connectivity index (χ1n) is 3.10. The van der Waals surface area contributed by atoms with Crippen molar-refractivity contribution in [3.05, 3.63) is 17.4 Å². The first-order valence-corrected chi connectivity index (χ1v) is 5.78. The van der Waals surface area contributed by atoms with Gasteiger partial charge in [-0.25, -0.2) is 13.4 Å². The maximum absolute atomic E-state index is 11.0. The van der Waals surface area contributed by atoms with Gasteiger partial charge in [0.25, 0.3) is 9.05 Å². The topological polar surface area (TPSA) is 56.3 Å². The normalized spacial score (nSPS) is 11.3. The van der Waals surface area contributed by atoms with Crippen LogP contribution in [0, 0.1) is 0 Å². The van der Waals surface area contributed by atoms with Crippen LogP contribution in [0.2, 0.25) is 5.15 Å². The van der Waals surface area contributed by atoms with Crippen LogP contribution in [0.4, 0.5) is 0 Å². The van der Waals surface area contributed by atoms with E-state index < -0.39 is 9.05 Å². The lowest BCUT2D eigenvalue weighted by atomic mass is 10.4. The quantitative estimate of drug-likeness (QED) is 0.584. The van der Waals surface area contributed by atoms with Gasteiger partial charge in [-0.3, -0.25) is 0 Å². The molecule has 1 rings (SSSR count). The van der Waals surface area contributed by atoms with Crippen LogP contribution in [-0.4, -0.2) is 20.5 Å². The van der Waals surface area contributed by atoms with Gasteiger partial charge in [-0.2, -0.15) is 0 Å². The van der Waals surface area contributed by atoms with Gasteiger partial charge in [0.1, 0.15) is 5.75 Å². The zero-order valence-electron chi connectivity index (χ0n) is 6.49. The highest BCUT2D eigenvalue weighted by atomic mass is 35.7. The Labute approximate surface area is 84.9 Å². The molecule has 0 aliphatic rings. The van der Waals surface area contributed by atoms with Gasteiger partial charge in [0.05, 0.1) is 7.11 Å². The molecule has 7 heteroatoms. The molecule has 0 amide bonds. The molecule has 4 nitrogen and oxygen atoms in total. The molecule has 0 fully saturated rings. The molecule has 0 radical (unpaired) electrons. The van der Waals surface area contributed by atoms with Crippen molar-refractivity contribution >= 4 is 31.3 Å². The van der Waals surface area contributed by atoms with Crippen molar-refractivity contribution in [1.82, 2.24) is 4.98 Å². The molecule has 72 valence electrons. The number of nitrogens with zero attached hydrogens (tertiary/aromatic N) is 1. The summed E-state index contributed by atoms with van der Waals surface area (Å²) in [5, 5.41) is -0.200. The third-order valence-electron chi connectivity index (χ3n) is 1.29. The summed E-state index contributed by atoms with van der Waals surface area (Å²) in [7, 11) is 2.51. The Balaban J connectivity index is 3.50. The number of halogens is 2. The third kappa shape index (κ3) is 2.24. The van der Waals surface area contributed by atoms with Crippen molar-refractivity contribution in [3.63, 3.8) is 0 Å². The van der Waals surface area contributed by atoms with Gasteiger partial charge in [-0.05, 0) is 6.07 Å². The highest BCUT2D eigenvalue weighted by Gasteiger charge is 2.21. The zero-order chi connectivity index (χ0) is 10.1.